The zero-order valence-electron chi connectivity index (χ0n) is 11.3. The van der Waals surface area contributed by atoms with Crippen molar-refractivity contribution in [3.63, 3.8) is 0 Å². The van der Waals surface area contributed by atoms with E-state index < -0.39 is 0 Å². The minimum atomic E-state index is -0.368. The lowest BCUT2D eigenvalue weighted by Crippen LogP contribution is -2.33. The van der Waals surface area contributed by atoms with Gasteiger partial charge in [0.1, 0.15) is 18.3 Å². The Morgan fingerprint density at radius 2 is 2.30 bits per heavy atom. The fraction of sp³-hybridized carbons (Fsp3) is 0.308. The number of rotatable bonds is 4. The molecule has 3 N–H and O–H groups in total. The number of anilines is 1. The minimum absolute atomic E-state index is 0.103. The fourth-order valence-corrected chi connectivity index (χ4v) is 1.75. The van der Waals surface area contributed by atoms with Crippen LogP contribution in [0.3, 0.4) is 0 Å². The SMILES string of the molecule is Cc1cnc(C(C)NC(=O)Cn2cc(N)ccc2=O)o1. The van der Waals surface area contributed by atoms with E-state index in [4.69, 9.17) is 10.2 Å². The van der Waals surface area contributed by atoms with Crippen molar-refractivity contribution < 1.29 is 9.21 Å². The monoisotopic (exact) mass is 276 g/mol. The second-order valence-corrected chi connectivity index (χ2v) is 4.53. The van der Waals surface area contributed by atoms with E-state index in [2.05, 4.69) is 10.3 Å². The van der Waals surface area contributed by atoms with Crippen LogP contribution in [0.15, 0.2) is 33.7 Å². The molecule has 0 fully saturated rings. The number of nitrogens with one attached hydrogen (secondary N) is 1. The Morgan fingerprint density at radius 1 is 1.55 bits per heavy atom. The first-order chi connectivity index (χ1) is 9.45. The summed E-state index contributed by atoms with van der Waals surface area (Å²) in [5, 5.41) is 2.71. The summed E-state index contributed by atoms with van der Waals surface area (Å²) in [4.78, 5) is 27.5. The van der Waals surface area contributed by atoms with E-state index in [-0.39, 0.29) is 24.1 Å². The number of hydrogen-bond donors (Lipinski definition) is 2. The zero-order chi connectivity index (χ0) is 14.7. The smallest absolute Gasteiger partial charge is 0.251 e. The first-order valence-corrected chi connectivity index (χ1v) is 6.13. The van der Waals surface area contributed by atoms with Crippen molar-refractivity contribution in [2.24, 2.45) is 0 Å². The summed E-state index contributed by atoms with van der Waals surface area (Å²) in [6, 6.07) is 2.45. The molecule has 20 heavy (non-hydrogen) atoms. The van der Waals surface area contributed by atoms with Crippen LogP contribution in [0.1, 0.15) is 24.6 Å². The van der Waals surface area contributed by atoms with Crippen LogP contribution in [0.5, 0.6) is 0 Å². The zero-order valence-corrected chi connectivity index (χ0v) is 11.3. The number of nitrogen functional groups attached to an aromatic ring is 1. The summed E-state index contributed by atoms with van der Waals surface area (Å²) in [5.41, 5.74) is 5.72. The Balaban J connectivity index is 2.02. The fourth-order valence-electron chi connectivity index (χ4n) is 1.75. The average Bonchev–Trinajstić information content (AvgIpc) is 2.80. The second-order valence-electron chi connectivity index (χ2n) is 4.53. The highest BCUT2D eigenvalue weighted by atomic mass is 16.4. The predicted molar refractivity (Wildman–Crippen MR) is 72.9 cm³/mol. The van der Waals surface area contributed by atoms with Crippen LogP contribution in [-0.4, -0.2) is 15.5 Å². The van der Waals surface area contributed by atoms with Crippen LogP contribution in [0.2, 0.25) is 0 Å². The number of pyridine rings is 1. The van der Waals surface area contributed by atoms with Gasteiger partial charge in [0.05, 0.1) is 6.20 Å². The lowest BCUT2D eigenvalue weighted by Gasteiger charge is -2.11. The van der Waals surface area contributed by atoms with Gasteiger partial charge >= 0.3 is 0 Å². The Kier molecular flexibility index (Phi) is 3.88. The molecule has 0 bridgehead atoms. The lowest BCUT2D eigenvalue weighted by molar-refractivity contribution is -0.122. The quantitative estimate of drug-likeness (QED) is 0.851. The molecule has 0 saturated carbocycles. The number of aryl methyl sites for hydroxylation is 1. The normalized spacial score (nSPS) is 12.1. The van der Waals surface area contributed by atoms with E-state index in [0.29, 0.717) is 17.3 Å². The van der Waals surface area contributed by atoms with Gasteiger partial charge in [-0.2, -0.15) is 0 Å². The third-order valence-electron chi connectivity index (χ3n) is 2.71. The van der Waals surface area contributed by atoms with Gasteiger partial charge in [-0.05, 0) is 19.9 Å². The highest BCUT2D eigenvalue weighted by Crippen LogP contribution is 2.11. The highest BCUT2D eigenvalue weighted by molar-refractivity contribution is 5.76. The van der Waals surface area contributed by atoms with Gasteiger partial charge in [0.15, 0.2) is 0 Å². The molecule has 2 aromatic rings. The Hall–Kier alpha value is -2.57. The first kappa shape index (κ1) is 13.9. The number of nitrogens with two attached hydrogens (primary N) is 1. The number of aromatic nitrogens is 2. The van der Waals surface area contributed by atoms with Crippen molar-refractivity contribution in [3.05, 3.63) is 46.5 Å². The van der Waals surface area contributed by atoms with Crippen LogP contribution in [0.25, 0.3) is 0 Å². The van der Waals surface area contributed by atoms with Gasteiger partial charge in [-0.25, -0.2) is 4.98 Å². The Labute approximate surface area is 115 Å². The molecule has 2 heterocycles. The van der Waals surface area contributed by atoms with Crippen molar-refractivity contribution in [1.29, 1.82) is 0 Å². The average molecular weight is 276 g/mol. The van der Waals surface area contributed by atoms with Gasteiger partial charge in [0, 0.05) is 18.0 Å². The second kappa shape index (κ2) is 5.60. The van der Waals surface area contributed by atoms with Crippen molar-refractivity contribution in [1.82, 2.24) is 14.9 Å². The van der Waals surface area contributed by atoms with Gasteiger partial charge in [0.2, 0.25) is 11.8 Å². The van der Waals surface area contributed by atoms with E-state index in [0.717, 1.165) is 0 Å². The van der Waals surface area contributed by atoms with Gasteiger partial charge < -0.3 is 20.0 Å². The third-order valence-corrected chi connectivity index (χ3v) is 2.71. The molecule has 0 spiro atoms. The van der Waals surface area contributed by atoms with E-state index in [1.165, 1.54) is 22.9 Å². The molecule has 0 saturated heterocycles. The molecule has 1 atom stereocenters. The van der Waals surface area contributed by atoms with Crippen molar-refractivity contribution >= 4 is 11.6 Å². The highest BCUT2D eigenvalue weighted by Gasteiger charge is 2.14. The number of carbonyl (C=O) groups is 1. The molecule has 106 valence electrons. The van der Waals surface area contributed by atoms with Crippen molar-refractivity contribution in [3.8, 4) is 0 Å². The molecule has 2 rings (SSSR count). The Morgan fingerprint density at radius 3 is 2.95 bits per heavy atom. The largest absolute Gasteiger partial charge is 0.444 e. The number of amides is 1. The topological polar surface area (TPSA) is 103 Å². The molecule has 1 unspecified atom stereocenters. The number of oxazole rings is 1. The summed E-state index contributed by atoms with van der Waals surface area (Å²) < 4.78 is 6.57. The summed E-state index contributed by atoms with van der Waals surface area (Å²) in [5.74, 6) is 0.782. The molecule has 2 aromatic heterocycles. The van der Waals surface area contributed by atoms with E-state index in [1.807, 2.05) is 0 Å². The molecule has 7 nitrogen and oxygen atoms in total. The summed E-state index contributed by atoms with van der Waals surface area (Å²) >= 11 is 0. The lowest BCUT2D eigenvalue weighted by atomic mass is 10.3. The maximum absolute atomic E-state index is 11.9. The van der Waals surface area contributed by atoms with E-state index in [1.54, 1.807) is 20.0 Å². The standard InChI is InChI=1S/C13H16N4O3/c1-8-5-15-13(20-8)9(2)16-11(18)7-17-6-10(14)3-4-12(17)19/h3-6,9H,7,14H2,1-2H3,(H,16,18). The number of carbonyl (C=O) groups excluding carboxylic acids is 1. The predicted octanol–water partition coefficient (Wildman–Crippen LogP) is 0.604. The van der Waals surface area contributed by atoms with Gasteiger partial charge in [-0.15, -0.1) is 0 Å². The van der Waals surface area contributed by atoms with Gasteiger partial charge in [-0.3, -0.25) is 9.59 Å². The van der Waals surface area contributed by atoms with Crippen LogP contribution < -0.4 is 16.6 Å². The maximum Gasteiger partial charge on any atom is 0.251 e. The van der Waals surface area contributed by atoms with Crippen LogP contribution in [0.4, 0.5) is 5.69 Å². The number of nitrogens with zero attached hydrogens (tertiary/aromatic N) is 2. The van der Waals surface area contributed by atoms with Crippen LogP contribution in [-0.2, 0) is 11.3 Å². The molecule has 0 aromatic carbocycles. The molecule has 0 aliphatic carbocycles. The molecule has 0 radical (unpaired) electrons. The van der Waals surface area contributed by atoms with E-state index in [9.17, 15) is 9.59 Å². The third kappa shape index (κ3) is 3.25. The molecular formula is C13H16N4O3. The first-order valence-electron chi connectivity index (χ1n) is 6.13. The molecule has 7 heteroatoms. The summed E-state index contributed by atoms with van der Waals surface area (Å²) in [7, 11) is 0. The number of hydrogen-bond acceptors (Lipinski definition) is 5. The maximum atomic E-state index is 11.9. The van der Waals surface area contributed by atoms with Crippen LogP contribution in [0, 0.1) is 6.92 Å². The van der Waals surface area contributed by atoms with Gasteiger partial charge in [-0.1, -0.05) is 0 Å². The Bertz CT molecular complexity index is 674. The molecular weight excluding hydrogens is 260 g/mol. The molecule has 0 aliphatic rings. The van der Waals surface area contributed by atoms with Crippen LogP contribution >= 0.6 is 0 Å². The molecule has 1 amide bonds. The minimum Gasteiger partial charge on any atom is -0.444 e. The van der Waals surface area contributed by atoms with Gasteiger partial charge in [0.25, 0.3) is 5.56 Å². The van der Waals surface area contributed by atoms with E-state index >= 15 is 0 Å². The molecule has 0 aliphatic heterocycles. The summed E-state index contributed by atoms with van der Waals surface area (Å²) in [6.07, 6.45) is 3.02. The van der Waals surface area contributed by atoms with Crippen molar-refractivity contribution in [2.75, 3.05) is 5.73 Å². The van der Waals surface area contributed by atoms with Crippen molar-refractivity contribution in [2.45, 2.75) is 26.4 Å². The summed E-state index contributed by atoms with van der Waals surface area (Å²) in [6.45, 7) is 3.43.